The molecule has 24 heavy (non-hydrogen) atoms. The summed E-state index contributed by atoms with van der Waals surface area (Å²) in [5.74, 6) is 1.78. The van der Waals surface area contributed by atoms with Gasteiger partial charge in [0.25, 0.3) is 5.56 Å². The average Bonchev–Trinajstić information content (AvgIpc) is 2.98. The predicted octanol–water partition coefficient (Wildman–Crippen LogP) is -0.0367. The predicted molar refractivity (Wildman–Crippen MR) is 91.4 cm³/mol. The topological polar surface area (TPSA) is 119 Å². The number of aromatic nitrogens is 4. The van der Waals surface area contributed by atoms with Crippen LogP contribution < -0.4 is 21.1 Å². The number of rotatable bonds is 6. The number of H-pyrrole nitrogens is 1. The van der Waals surface area contributed by atoms with Gasteiger partial charge < -0.3 is 20.6 Å². The van der Waals surface area contributed by atoms with E-state index in [9.17, 15) is 9.90 Å². The van der Waals surface area contributed by atoms with Gasteiger partial charge in [-0.2, -0.15) is 4.98 Å². The fourth-order valence-electron chi connectivity index (χ4n) is 2.58. The Morgan fingerprint density at radius 2 is 2.21 bits per heavy atom. The smallest absolute Gasteiger partial charge is 0.252 e. The number of nitrogens with zero attached hydrogens (tertiary/aromatic N) is 4. The molecule has 128 valence electrons. The summed E-state index contributed by atoms with van der Waals surface area (Å²) in [5, 5.41) is 15.8. The average molecular weight is 331 g/mol. The Morgan fingerprint density at radius 1 is 1.38 bits per heavy atom. The number of aryl methyl sites for hydroxylation is 1. The van der Waals surface area contributed by atoms with E-state index in [0.717, 1.165) is 18.8 Å². The highest BCUT2D eigenvalue weighted by Crippen LogP contribution is 2.18. The molecule has 3 rings (SSSR count). The van der Waals surface area contributed by atoms with Gasteiger partial charge in [0.2, 0.25) is 11.9 Å². The second-order valence-corrected chi connectivity index (χ2v) is 5.72. The van der Waals surface area contributed by atoms with Crippen molar-refractivity contribution in [3.05, 3.63) is 34.4 Å². The van der Waals surface area contributed by atoms with Crippen molar-refractivity contribution in [3.8, 4) is 0 Å². The van der Waals surface area contributed by atoms with Crippen LogP contribution in [0.3, 0.4) is 0 Å². The highest BCUT2D eigenvalue weighted by atomic mass is 16.3. The maximum Gasteiger partial charge on any atom is 0.252 e. The summed E-state index contributed by atoms with van der Waals surface area (Å²) >= 11 is 0. The minimum atomic E-state index is -0.287. The Labute approximate surface area is 139 Å². The molecule has 3 heterocycles. The highest BCUT2D eigenvalue weighted by Gasteiger charge is 2.21. The van der Waals surface area contributed by atoms with Crippen LogP contribution in [0.15, 0.2) is 23.1 Å². The molecule has 0 aliphatic carbocycles. The van der Waals surface area contributed by atoms with E-state index in [1.807, 2.05) is 11.0 Å². The largest absolute Gasteiger partial charge is 0.391 e. The monoisotopic (exact) mass is 331 g/mol. The molecule has 1 aliphatic heterocycles. The Bertz CT molecular complexity index is 749. The second kappa shape index (κ2) is 7.26. The lowest BCUT2D eigenvalue weighted by Gasteiger charge is -2.17. The van der Waals surface area contributed by atoms with E-state index in [1.165, 1.54) is 6.07 Å². The zero-order valence-electron chi connectivity index (χ0n) is 13.5. The van der Waals surface area contributed by atoms with Gasteiger partial charge in [0, 0.05) is 44.1 Å². The molecule has 0 unspecified atom stereocenters. The first-order valence-electron chi connectivity index (χ1n) is 7.92. The number of nitrogens with one attached hydrogen (secondary N) is 3. The van der Waals surface area contributed by atoms with E-state index in [4.69, 9.17) is 0 Å². The molecule has 1 atom stereocenters. The van der Waals surface area contributed by atoms with Gasteiger partial charge >= 0.3 is 0 Å². The summed E-state index contributed by atoms with van der Waals surface area (Å²) in [5.41, 5.74) is 0.486. The summed E-state index contributed by atoms with van der Waals surface area (Å²) in [4.78, 5) is 28.9. The minimum Gasteiger partial charge on any atom is -0.391 e. The number of hydrogen-bond donors (Lipinski definition) is 4. The van der Waals surface area contributed by atoms with Crippen LogP contribution in [0.25, 0.3) is 0 Å². The van der Waals surface area contributed by atoms with Crippen LogP contribution in [-0.4, -0.2) is 57.3 Å². The van der Waals surface area contributed by atoms with Crippen molar-refractivity contribution >= 4 is 17.7 Å². The number of anilines is 3. The molecule has 0 amide bonds. The molecule has 2 aromatic heterocycles. The lowest BCUT2D eigenvalue weighted by Crippen LogP contribution is -2.23. The standard InChI is InChI=1S/C15H21N7O2/c1-10-8-13(24)21-15(19-10)18-6-5-17-14-16-4-2-12(20-14)22-7-3-11(23)9-22/h2,4,8,11,23H,3,5-7,9H2,1H3,(H,16,17,20)(H2,18,19,21,24)/t11-/m1/s1. The Morgan fingerprint density at radius 3 is 2.96 bits per heavy atom. The van der Waals surface area contributed by atoms with Crippen molar-refractivity contribution in [2.45, 2.75) is 19.4 Å². The molecule has 4 N–H and O–H groups in total. The van der Waals surface area contributed by atoms with E-state index in [2.05, 4.69) is 30.6 Å². The van der Waals surface area contributed by atoms with Gasteiger partial charge in [0.1, 0.15) is 5.82 Å². The first-order chi connectivity index (χ1) is 11.6. The van der Waals surface area contributed by atoms with E-state index in [-0.39, 0.29) is 11.7 Å². The summed E-state index contributed by atoms with van der Waals surface area (Å²) in [6.07, 6.45) is 2.17. The first kappa shape index (κ1) is 16.2. The van der Waals surface area contributed by atoms with Gasteiger partial charge in [-0.05, 0) is 19.4 Å². The van der Waals surface area contributed by atoms with Crippen LogP contribution in [-0.2, 0) is 0 Å². The molecule has 9 heteroatoms. The molecule has 0 spiro atoms. The fourth-order valence-corrected chi connectivity index (χ4v) is 2.58. The maximum atomic E-state index is 11.4. The van der Waals surface area contributed by atoms with Gasteiger partial charge in [-0.3, -0.25) is 9.78 Å². The Balaban J connectivity index is 1.50. The molecular weight excluding hydrogens is 310 g/mol. The summed E-state index contributed by atoms with van der Waals surface area (Å²) in [6.45, 7) is 4.30. The molecule has 2 aromatic rings. The third kappa shape index (κ3) is 4.19. The second-order valence-electron chi connectivity index (χ2n) is 5.72. The molecule has 1 saturated heterocycles. The Hall–Kier alpha value is -2.68. The van der Waals surface area contributed by atoms with Crippen molar-refractivity contribution in [1.82, 2.24) is 19.9 Å². The van der Waals surface area contributed by atoms with Gasteiger partial charge in [-0.1, -0.05) is 0 Å². The SMILES string of the molecule is Cc1cc(=O)[nH]c(NCCNc2nccc(N3CC[C@@H](O)C3)n2)n1. The minimum absolute atomic E-state index is 0.179. The van der Waals surface area contributed by atoms with Crippen molar-refractivity contribution in [3.63, 3.8) is 0 Å². The molecule has 9 nitrogen and oxygen atoms in total. The number of aliphatic hydroxyl groups excluding tert-OH is 1. The van der Waals surface area contributed by atoms with E-state index >= 15 is 0 Å². The first-order valence-corrected chi connectivity index (χ1v) is 7.92. The van der Waals surface area contributed by atoms with Crippen LogP contribution in [0.1, 0.15) is 12.1 Å². The molecule has 0 radical (unpaired) electrons. The van der Waals surface area contributed by atoms with Crippen LogP contribution in [0.2, 0.25) is 0 Å². The van der Waals surface area contributed by atoms with Crippen molar-refractivity contribution < 1.29 is 5.11 Å². The summed E-state index contributed by atoms with van der Waals surface area (Å²) in [7, 11) is 0. The number of aromatic amines is 1. The normalized spacial score (nSPS) is 17.1. The van der Waals surface area contributed by atoms with Crippen LogP contribution >= 0.6 is 0 Å². The maximum absolute atomic E-state index is 11.4. The fraction of sp³-hybridized carbons (Fsp3) is 0.467. The molecular formula is C15H21N7O2. The molecule has 0 saturated carbocycles. The Kier molecular flexibility index (Phi) is 4.90. The van der Waals surface area contributed by atoms with E-state index in [0.29, 0.717) is 37.2 Å². The number of hydrogen-bond acceptors (Lipinski definition) is 8. The van der Waals surface area contributed by atoms with Gasteiger partial charge in [-0.25, -0.2) is 9.97 Å². The van der Waals surface area contributed by atoms with Crippen LogP contribution in [0, 0.1) is 6.92 Å². The van der Waals surface area contributed by atoms with Gasteiger partial charge in [-0.15, -0.1) is 0 Å². The quantitative estimate of drug-likeness (QED) is 0.545. The molecule has 0 aromatic carbocycles. The van der Waals surface area contributed by atoms with Crippen LogP contribution in [0.4, 0.5) is 17.7 Å². The molecule has 0 bridgehead atoms. The molecule has 1 fully saturated rings. The zero-order chi connectivity index (χ0) is 16.9. The summed E-state index contributed by atoms with van der Waals surface area (Å²) in [6, 6.07) is 3.28. The van der Waals surface area contributed by atoms with E-state index in [1.54, 1.807) is 13.1 Å². The van der Waals surface area contributed by atoms with Crippen LogP contribution in [0.5, 0.6) is 0 Å². The number of aliphatic hydroxyl groups is 1. The van der Waals surface area contributed by atoms with Crippen molar-refractivity contribution in [2.24, 2.45) is 0 Å². The number of β-amino-alcohol motifs (C(OH)–C–C–N with tert-alkyl or cyclic N) is 1. The molecule has 1 aliphatic rings. The third-order valence-electron chi connectivity index (χ3n) is 3.70. The highest BCUT2D eigenvalue weighted by molar-refractivity contribution is 5.43. The summed E-state index contributed by atoms with van der Waals surface area (Å²) < 4.78 is 0. The van der Waals surface area contributed by atoms with Gasteiger partial charge in [0.15, 0.2) is 0 Å². The van der Waals surface area contributed by atoms with Crippen molar-refractivity contribution in [2.75, 3.05) is 41.7 Å². The van der Waals surface area contributed by atoms with Gasteiger partial charge in [0.05, 0.1) is 6.10 Å². The lowest BCUT2D eigenvalue weighted by atomic mass is 10.3. The lowest BCUT2D eigenvalue weighted by molar-refractivity contribution is 0.198. The third-order valence-corrected chi connectivity index (χ3v) is 3.70. The van der Waals surface area contributed by atoms with E-state index < -0.39 is 0 Å². The van der Waals surface area contributed by atoms with Crippen molar-refractivity contribution in [1.29, 1.82) is 0 Å². The zero-order valence-corrected chi connectivity index (χ0v) is 13.5.